The molecule has 0 atom stereocenters. The Kier molecular flexibility index (Phi) is 3.69. The first-order valence-corrected chi connectivity index (χ1v) is 6.65. The van der Waals surface area contributed by atoms with Crippen LogP contribution in [0, 0.1) is 23.0 Å². The molecule has 0 spiro atoms. The molecular weight excluding hydrogens is 300 g/mol. The maximum absolute atomic E-state index is 13.1. The van der Waals surface area contributed by atoms with Gasteiger partial charge in [0.2, 0.25) is 0 Å². The average molecular weight is 309 g/mol. The molecule has 0 aliphatic heterocycles. The minimum absolute atomic E-state index is 0.133. The van der Waals surface area contributed by atoms with E-state index in [2.05, 4.69) is 10.2 Å². The molecule has 0 radical (unpaired) electrons. The number of rotatable bonds is 2. The predicted molar refractivity (Wildman–Crippen MR) is 80.4 cm³/mol. The summed E-state index contributed by atoms with van der Waals surface area (Å²) in [6.45, 7) is 0. The number of halogens is 2. The Morgan fingerprint density at radius 3 is 1.96 bits per heavy atom. The van der Waals surface area contributed by atoms with E-state index in [1.54, 1.807) is 0 Å². The van der Waals surface area contributed by atoms with Gasteiger partial charge in [0.25, 0.3) is 5.56 Å². The monoisotopic (exact) mass is 309 g/mol. The summed E-state index contributed by atoms with van der Waals surface area (Å²) in [5.74, 6) is -0.851. The quantitative estimate of drug-likeness (QED) is 0.790. The maximum atomic E-state index is 13.1. The highest BCUT2D eigenvalue weighted by molar-refractivity contribution is 5.84. The Labute approximate surface area is 129 Å². The number of hydrogen-bond acceptors (Lipinski definition) is 3. The van der Waals surface area contributed by atoms with E-state index in [9.17, 15) is 18.8 Å². The van der Waals surface area contributed by atoms with Gasteiger partial charge in [-0.05, 0) is 42.0 Å². The summed E-state index contributed by atoms with van der Waals surface area (Å²) in [6, 6.07) is 12.7. The first-order chi connectivity index (χ1) is 11.1. The lowest BCUT2D eigenvalue weighted by molar-refractivity contribution is 0.627. The minimum atomic E-state index is -0.641. The van der Waals surface area contributed by atoms with Gasteiger partial charge in [-0.3, -0.25) is 4.79 Å². The van der Waals surface area contributed by atoms with Gasteiger partial charge in [-0.15, -0.1) is 0 Å². The van der Waals surface area contributed by atoms with Crippen molar-refractivity contribution in [3.63, 3.8) is 0 Å². The predicted octanol–water partition coefficient (Wildman–Crippen LogP) is 3.25. The standard InChI is InChI=1S/C17H9F2N3O/c18-12-5-1-10(2-6-12)15-14(9-20)17(23)22-21-16(15)11-3-7-13(19)8-4-11/h1-8H,(H,22,23). The fourth-order valence-corrected chi connectivity index (χ4v) is 2.27. The number of nitriles is 1. The van der Waals surface area contributed by atoms with Crippen LogP contribution in [0.4, 0.5) is 8.78 Å². The topological polar surface area (TPSA) is 69.5 Å². The number of aromatic amines is 1. The van der Waals surface area contributed by atoms with Gasteiger partial charge in [0.15, 0.2) is 0 Å². The van der Waals surface area contributed by atoms with Crippen LogP contribution in [0.3, 0.4) is 0 Å². The molecule has 0 aliphatic carbocycles. The fraction of sp³-hybridized carbons (Fsp3) is 0. The van der Waals surface area contributed by atoms with Crippen LogP contribution in [0.5, 0.6) is 0 Å². The first-order valence-electron chi connectivity index (χ1n) is 6.65. The molecule has 1 aromatic heterocycles. The molecule has 0 saturated carbocycles. The average Bonchev–Trinajstić information content (AvgIpc) is 2.56. The van der Waals surface area contributed by atoms with Gasteiger partial charge < -0.3 is 0 Å². The molecule has 4 nitrogen and oxygen atoms in total. The minimum Gasteiger partial charge on any atom is -0.266 e. The zero-order valence-corrected chi connectivity index (χ0v) is 11.7. The van der Waals surface area contributed by atoms with E-state index in [0.29, 0.717) is 16.8 Å². The van der Waals surface area contributed by atoms with E-state index in [1.807, 2.05) is 6.07 Å². The molecule has 0 saturated heterocycles. The second-order valence-corrected chi connectivity index (χ2v) is 4.78. The van der Waals surface area contributed by atoms with Crippen LogP contribution >= 0.6 is 0 Å². The van der Waals surface area contributed by atoms with Crippen molar-refractivity contribution in [3.8, 4) is 28.5 Å². The van der Waals surface area contributed by atoms with E-state index in [4.69, 9.17) is 0 Å². The van der Waals surface area contributed by atoms with E-state index in [0.717, 1.165) is 0 Å². The van der Waals surface area contributed by atoms with E-state index in [1.165, 1.54) is 48.5 Å². The van der Waals surface area contributed by atoms with E-state index >= 15 is 0 Å². The van der Waals surface area contributed by atoms with Gasteiger partial charge in [0, 0.05) is 11.1 Å². The number of nitrogens with one attached hydrogen (secondary N) is 1. The SMILES string of the molecule is N#Cc1c(-c2ccc(F)cc2)c(-c2ccc(F)cc2)n[nH]c1=O. The van der Waals surface area contributed by atoms with Gasteiger partial charge in [0.1, 0.15) is 29.0 Å². The molecule has 0 bridgehead atoms. The van der Waals surface area contributed by atoms with Crippen molar-refractivity contribution >= 4 is 0 Å². The zero-order chi connectivity index (χ0) is 16.4. The molecule has 3 aromatic rings. The van der Waals surface area contributed by atoms with Crippen molar-refractivity contribution in [2.45, 2.75) is 0 Å². The Balaban J connectivity index is 2.33. The molecule has 3 rings (SSSR count). The van der Waals surface area contributed by atoms with Gasteiger partial charge in [0.05, 0.1) is 0 Å². The molecule has 112 valence electrons. The lowest BCUT2D eigenvalue weighted by atomic mass is 9.96. The van der Waals surface area contributed by atoms with Crippen molar-refractivity contribution in [2.24, 2.45) is 0 Å². The number of H-pyrrole nitrogens is 1. The Morgan fingerprint density at radius 2 is 1.43 bits per heavy atom. The van der Waals surface area contributed by atoms with Crippen molar-refractivity contribution in [1.82, 2.24) is 10.2 Å². The summed E-state index contributed by atoms with van der Waals surface area (Å²) in [6.07, 6.45) is 0. The van der Waals surface area contributed by atoms with Gasteiger partial charge in [-0.25, -0.2) is 13.9 Å². The number of benzene rings is 2. The summed E-state index contributed by atoms with van der Waals surface area (Å²) in [4.78, 5) is 11.9. The summed E-state index contributed by atoms with van der Waals surface area (Å²) in [5, 5.41) is 15.5. The molecule has 1 N–H and O–H groups in total. The Bertz CT molecular complexity index is 955. The molecule has 0 unspecified atom stereocenters. The van der Waals surface area contributed by atoms with Gasteiger partial charge in [-0.1, -0.05) is 12.1 Å². The van der Waals surface area contributed by atoms with Crippen molar-refractivity contribution in [1.29, 1.82) is 5.26 Å². The largest absolute Gasteiger partial charge is 0.282 e. The second-order valence-electron chi connectivity index (χ2n) is 4.78. The highest BCUT2D eigenvalue weighted by atomic mass is 19.1. The van der Waals surface area contributed by atoms with Crippen LogP contribution in [0.15, 0.2) is 53.3 Å². The van der Waals surface area contributed by atoms with Crippen LogP contribution in [0.1, 0.15) is 5.56 Å². The number of hydrogen-bond donors (Lipinski definition) is 1. The van der Waals surface area contributed by atoms with Gasteiger partial charge >= 0.3 is 0 Å². The molecule has 0 amide bonds. The number of nitrogens with zero attached hydrogens (tertiary/aromatic N) is 2. The molecular formula is C17H9F2N3O. The third-order valence-electron chi connectivity index (χ3n) is 3.35. The van der Waals surface area contributed by atoms with Crippen LogP contribution in [0.25, 0.3) is 22.4 Å². The van der Waals surface area contributed by atoms with Crippen LogP contribution in [0.2, 0.25) is 0 Å². The molecule has 23 heavy (non-hydrogen) atoms. The normalized spacial score (nSPS) is 10.3. The lowest BCUT2D eigenvalue weighted by Gasteiger charge is -2.10. The fourth-order valence-electron chi connectivity index (χ4n) is 2.27. The second kappa shape index (κ2) is 5.81. The van der Waals surface area contributed by atoms with Crippen LogP contribution < -0.4 is 5.56 Å². The van der Waals surface area contributed by atoms with Gasteiger partial charge in [-0.2, -0.15) is 10.4 Å². The molecule has 1 heterocycles. The van der Waals surface area contributed by atoms with Crippen LogP contribution in [-0.2, 0) is 0 Å². The van der Waals surface area contributed by atoms with E-state index in [-0.39, 0.29) is 11.1 Å². The third-order valence-corrected chi connectivity index (χ3v) is 3.35. The molecule has 2 aromatic carbocycles. The van der Waals surface area contributed by atoms with Crippen molar-refractivity contribution < 1.29 is 8.78 Å². The summed E-state index contributed by atoms with van der Waals surface area (Å²) in [7, 11) is 0. The Hall–Kier alpha value is -3.33. The highest BCUT2D eigenvalue weighted by Crippen LogP contribution is 2.31. The van der Waals surface area contributed by atoms with Crippen molar-refractivity contribution in [2.75, 3.05) is 0 Å². The molecule has 0 aliphatic rings. The third kappa shape index (κ3) is 2.72. The summed E-state index contributed by atoms with van der Waals surface area (Å²) >= 11 is 0. The summed E-state index contributed by atoms with van der Waals surface area (Å²) < 4.78 is 26.2. The summed E-state index contributed by atoms with van der Waals surface area (Å²) in [5.41, 5.74) is 0.818. The van der Waals surface area contributed by atoms with Crippen LogP contribution in [-0.4, -0.2) is 10.2 Å². The maximum Gasteiger partial charge on any atom is 0.282 e. The Morgan fingerprint density at radius 1 is 0.913 bits per heavy atom. The zero-order valence-electron chi connectivity index (χ0n) is 11.7. The van der Waals surface area contributed by atoms with Crippen molar-refractivity contribution in [3.05, 3.63) is 76.1 Å². The first kappa shape index (κ1) is 14.6. The smallest absolute Gasteiger partial charge is 0.266 e. The lowest BCUT2D eigenvalue weighted by Crippen LogP contribution is -2.15. The molecule has 6 heteroatoms. The number of aromatic nitrogens is 2. The molecule has 0 fully saturated rings. The van der Waals surface area contributed by atoms with E-state index < -0.39 is 17.2 Å². The highest BCUT2D eigenvalue weighted by Gasteiger charge is 2.17.